The fourth-order valence-corrected chi connectivity index (χ4v) is 4.27. The lowest BCUT2D eigenvalue weighted by atomic mass is 9.94. The zero-order valence-electron chi connectivity index (χ0n) is 17.4. The van der Waals surface area contributed by atoms with E-state index in [0.29, 0.717) is 12.2 Å². The van der Waals surface area contributed by atoms with Crippen molar-refractivity contribution in [3.63, 3.8) is 0 Å². The average molecular weight is 425 g/mol. The van der Waals surface area contributed by atoms with Crippen LogP contribution in [0.2, 0.25) is 0 Å². The van der Waals surface area contributed by atoms with Crippen LogP contribution in [0, 0.1) is 12.7 Å². The number of aryl methyl sites for hydroxylation is 1. The number of amides is 1. The summed E-state index contributed by atoms with van der Waals surface area (Å²) in [5, 5.41) is 11.1. The summed E-state index contributed by atoms with van der Waals surface area (Å²) in [6, 6.07) is 10.3. The highest BCUT2D eigenvalue weighted by molar-refractivity contribution is 6.46. The monoisotopic (exact) mass is 425 g/mol. The highest BCUT2D eigenvalue weighted by Gasteiger charge is 2.47. The summed E-state index contributed by atoms with van der Waals surface area (Å²) in [5.41, 5.74) is 1.57. The lowest BCUT2D eigenvalue weighted by Crippen LogP contribution is -2.36. The van der Waals surface area contributed by atoms with Crippen LogP contribution >= 0.6 is 0 Å². The molecule has 162 valence electrons. The Labute approximate surface area is 179 Å². The normalized spacial score (nSPS) is 22.9. The van der Waals surface area contributed by atoms with Gasteiger partial charge in [-0.1, -0.05) is 29.8 Å². The van der Waals surface area contributed by atoms with Crippen molar-refractivity contribution in [2.45, 2.75) is 31.9 Å². The third kappa shape index (κ3) is 3.93. The Morgan fingerprint density at radius 1 is 1.26 bits per heavy atom. The van der Waals surface area contributed by atoms with Gasteiger partial charge in [-0.25, -0.2) is 4.39 Å². The molecule has 2 aromatic carbocycles. The van der Waals surface area contributed by atoms with Crippen LogP contribution in [-0.2, 0) is 14.3 Å². The van der Waals surface area contributed by atoms with E-state index < -0.39 is 29.3 Å². The largest absolute Gasteiger partial charge is 0.507 e. The van der Waals surface area contributed by atoms with Crippen molar-refractivity contribution in [1.82, 2.24) is 4.90 Å². The Bertz CT molecular complexity index is 1060. The number of aliphatic hydroxyl groups excluding tert-OH is 1. The fourth-order valence-electron chi connectivity index (χ4n) is 4.27. The maximum absolute atomic E-state index is 14.0. The summed E-state index contributed by atoms with van der Waals surface area (Å²) in [6.07, 6.45) is 1.51. The molecule has 0 spiro atoms. The molecular weight excluding hydrogens is 401 g/mol. The molecule has 1 N–H and O–H groups in total. The second-order valence-corrected chi connectivity index (χ2v) is 7.85. The Hall–Kier alpha value is -3.19. The first-order valence-corrected chi connectivity index (χ1v) is 10.2. The zero-order valence-corrected chi connectivity index (χ0v) is 17.4. The molecule has 4 rings (SSSR count). The summed E-state index contributed by atoms with van der Waals surface area (Å²) in [7, 11) is 1.39. The van der Waals surface area contributed by atoms with Gasteiger partial charge in [0, 0.05) is 13.2 Å². The van der Waals surface area contributed by atoms with Crippen molar-refractivity contribution in [1.29, 1.82) is 0 Å². The van der Waals surface area contributed by atoms with Gasteiger partial charge in [0.1, 0.15) is 17.3 Å². The Balaban J connectivity index is 1.88. The number of rotatable bonds is 5. The third-order valence-corrected chi connectivity index (χ3v) is 5.74. The van der Waals surface area contributed by atoms with E-state index in [0.717, 1.165) is 24.5 Å². The van der Waals surface area contributed by atoms with E-state index >= 15 is 0 Å². The highest BCUT2D eigenvalue weighted by atomic mass is 19.1. The van der Waals surface area contributed by atoms with Crippen molar-refractivity contribution in [3.05, 3.63) is 70.5 Å². The molecule has 0 saturated carbocycles. The summed E-state index contributed by atoms with van der Waals surface area (Å²) >= 11 is 0. The van der Waals surface area contributed by atoms with E-state index in [2.05, 4.69) is 0 Å². The maximum atomic E-state index is 14.0. The van der Waals surface area contributed by atoms with E-state index in [-0.39, 0.29) is 29.5 Å². The Morgan fingerprint density at radius 3 is 2.74 bits per heavy atom. The average Bonchev–Trinajstić information content (AvgIpc) is 3.35. The first kappa shape index (κ1) is 21.1. The van der Waals surface area contributed by atoms with Crippen molar-refractivity contribution in [2.75, 3.05) is 20.3 Å². The topological polar surface area (TPSA) is 76.1 Å². The molecule has 2 unspecified atom stereocenters. The van der Waals surface area contributed by atoms with E-state index in [1.165, 1.54) is 24.1 Å². The number of carbonyl (C=O) groups is 2. The lowest BCUT2D eigenvalue weighted by molar-refractivity contribution is -0.140. The van der Waals surface area contributed by atoms with Crippen LogP contribution in [0.5, 0.6) is 5.75 Å². The van der Waals surface area contributed by atoms with Crippen LogP contribution in [0.1, 0.15) is 35.6 Å². The van der Waals surface area contributed by atoms with Gasteiger partial charge in [-0.3, -0.25) is 9.59 Å². The summed E-state index contributed by atoms with van der Waals surface area (Å²) in [6.45, 7) is 2.76. The van der Waals surface area contributed by atoms with Crippen molar-refractivity contribution in [2.24, 2.45) is 0 Å². The summed E-state index contributed by atoms with van der Waals surface area (Å²) in [4.78, 5) is 27.5. The van der Waals surface area contributed by atoms with Crippen molar-refractivity contribution >= 4 is 17.4 Å². The predicted molar refractivity (Wildman–Crippen MR) is 112 cm³/mol. The standard InChI is InChI=1S/C24H24FNO5/c1-14-5-3-6-15(11-14)21-20(22(27)18-12-16(25)8-9-19(18)30-2)23(28)24(29)26(21)13-17-7-4-10-31-17/h3,5-6,8-9,11-12,17,21,27H,4,7,10,13H2,1-2H3/b22-20+. The number of methoxy groups -OCH3 is 1. The molecule has 2 saturated heterocycles. The molecule has 31 heavy (non-hydrogen) atoms. The number of ketones is 1. The molecule has 2 aliphatic rings. The maximum Gasteiger partial charge on any atom is 0.295 e. The van der Waals surface area contributed by atoms with Crippen molar-refractivity contribution in [3.8, 4) is 5.75 Å². The fraction of sp³-hybridized carbons (Fsp3) is 0.333. The minimum absolute atomic E-state index is 0.0234. The second-order valence-electron chi connectivity index (χ2n) is 7.85. The minimum atomic E-state index is -0.812. The summed E-state index contributed by atoms with van der Waals surface area (Å²) < 4.78 is 24.9. The first-order valence-electron chi connectivity index (χ1n) is 10.2. The van der Waals surface area contributed by atoms with Crippen molar-refractivity contribution < 1.29 is 28.6 Å². The number of likely N-dealkylation sites (tertiary alicyclic amines) is 1. The highest BCUT2D eigenvalue weighted by Crippen LogP contribution is 2.41. The molecule has 2 atom stereocenters. The molecule has 2 aromatic rings. The first-order chi connectivity index (χ1) is 14.9. The van der Waals surface area contributed by atoms with Crippen LogP contribution in [0.25, 0.3) is 5.76 Å². The van der Waals surface area contributed by atoms with Crippen LogP contribution in [0.15, 0.2) is 48.0 Å². The van der Waals surface area contributed by atoms with Gasteiger partial charge in [0.15, 0.2) is 0 Å². The van der Waals surface area contributed by atoms with Gasteiger partial charge >= 0.3 is 0 Å². The molecule has 2 aliphatic heterocycles. The molecule has 1 amide bonds. The van der Waals surface area contributed by atoms with Gasteiger partial charge in [0.2, 0.25) is 0 Å². The smallest absolute Gasteiger partial charge is 0.295 e. The zero-order chi connectivity index (χ0) is 22.1. The number of carbonyl (C=O) groups excluding carboxylic acids is 2. The summed E-state index contributed by atoms with van der Waals surface area (Å²) in [5.74, 6) is -2.38. The van der Waals surface area contributed by atoms with Crippen LogP contribution < -0.4 is 4.74 Å². The lowest BCUT2D eigenvalue weighted by Gasteiger charge is -2.27. The SMILES string of the molecule is COc1ccc(F)cc1/C(O)=C1\C(=O)C(=O)N(CC2CCCO2)C1c1cccc(C)c1. The van der Waals surface area contributed by atoms with Gasteiger partial charge in [-0.15, -0.1) is 0 Å². The quantitative estimate of drug-likeness (QED) is 0.449. The van der Waals surface area contributed by atoms with Crippen LogP contribution in [-0.4, -0.2) is 48.1 Å². The third-order valence-electron chi connectivity index (χ3n) is 5.74. The van der Waals surface area contributed by atoms with E-state index in [1.54, 1.807) is 0 Å². The molecule has 0 bridgehead atoms. The van der Waals surface area contributed by atoms with Gasteiger partial charge in [0.05, 0.1) is 30.4 Å². The number of hydrogen-bond acceptors (Lipinski definition) is 5. The molecule has 6 nitrogen and oxygen atoms in total. The number of benzene rings is 2. The molecule has 0 aromatic heterocycles. The molecular formula is C24H24FNO5. The molecule has 2 fully saturated rings. The number of hydrogen-bond donors (Lipinski definition) is 1. The molecule has 0 radical (unpaired) electrons. The van der Waals surface area contributed by atoms with Gasteiger partial charge in [0.25, 0.3) is 11.7 Å². The number of halogens is 1. The molecule has 7 heteroatoms. The Morgan fingerprint density at radius 2 is 2.06 bits per heavy atom. The van der Waals surface area contributed by atoms with E-state index in [1.807, 2.05) is 31.2 Å². The minimum Gasteiger partial charge on any atom is -0.507 e. The van der Waals surface area contributed by atoms with Gasteiger partial charge in [-0.2, -0.15) is 0 Å². The number of Topliss-reactive ketones (excluding diaryl/α,β-unsaturated/α-hetero) is 1. The molecule has 2 heterocycles. The van der Waals surface area contributed by atoms with Crippen LogP contribution in [0.4, 0.5) is 4.39 Å². The number of aliphatic hydroxyl groups is 1. The van der Waals surface area contributed by atoms with E-state index in [9.17, 15) is 19.1 Å². The Kier molecular flexibility index (Phi) is 5.78. The molecule has 0 aliphatic carbocycles. The second kappa shape index (κ2) is 8.51. The van der Waals surface area contributed by atoms with E-state index in [4.69, 9.17) is 9.47 Å². The number of ether oxygens (including phenoxy) is 2. The van der Waals surface area contributed by atoms with Gasteiger partial charge < -0.3 is 19.5 Å². The number of nitrogens with zero attached hydrogens (tertiary/aromatic N) is 1. The predicted octanol–water partition coefficient (Wildman–Crippen LogP) is 3.74. The van der Waals surface area contributed by atoms with Crippen LogP contribution in [0.3, 0.4) is 0 Å². The van der Waals surface area contributed by atoms with Gasteiger partial charge in [-0.05, 0) is 43.5 Å².